The van der Waals surface area contributed by atoms with Gasteiger partial charge in [-0.3, -0.25) is 4.79 Å². The quantitative estimate of drug-likeness (QED) is 0.762. The lowest BCUT2D eigenvalue weighted by Gasteiger charge is -2.33. The molecule has 0 atom stereocenters. The predicted molar refractivity (Wildman–Crippen MR) is 102 cm³/mol. The van der Waals surface area contributed by atoms with E-state index in [4.69, 9.17) is 16.0 Å². The van der Waals surface area contributed by atoms with Crippen molar-refractivity contribution in [3.8, 4) is 11.3 Å². The third kappa shape index (κ3) is 6.20. The van der Waals surface area contributed by atoms with Crippen LogP contribution in [-0.4, -0.2) is 16.4 Å². The van der Waals surface area contributed by atoms with E-state index in [1.807, 2.05) is 24.3 Å². The largest absolute Gasteiger partial charge is 0.441 e. The zero-order valence-electron chi connectivity index (χ0n) is 15.6. The Bertz CT molecular complexity index is 729. The Balaban J connectivity index is 1.92. The standard InChI is InChI=1S/C20H27ClN2O2/c1-19(2,3)13-20(4,5)23-17(24)10-11-18-22-12-16(25-18)14-8-6-7-9-15(14)21/h6-9,12H,10-11,13H2,1-5H3,(H,23,24). The Morgan fingerprint density at radius 3 is 2.52 bits per heavy atom. The van der Waals surface area contributed by atoms with Crippen LogP contribution in [0.5, 0.6) is 0 Å². The van der Waals surface area contributed by atoms with Gasteiger partial charge < -0.3 is 9.73 Å². The van der Waals surface area contributed by atoms with Gasteiger partial charge in [0.25, 0.3) is 0 Å². The molecule has 1 N–H and O–H groups in total. The average Bonchev–Trinajstić information content (AvgIpc) is 2.91. The first kappa shape index (κ1) is 19.5. The number of oxazole rings is 1. The van der Waals surface area contributed by atoms with Gasteiger partial charge in [0.05, 0.1) is 11.2 Å². The molecular formula is C20H27ClN2O2. The van der Waals surface area contributed by atoms with E-state index in [1.165, 1.54) is 0 Å². The van der Waals surface area contributed by atoms with Crippen molar-refractivity contribution < 1.29 is 9.21 Å². The summed E-state index contributed by atoms with van der Waals surface area (Å²) in [5, 5.41) is 3.72. The zero-order valence-corrected chi connectivity index (χ0v) is 16.4. The van der Waals surface area contributed by atoms with Gasteiger partial charge in [0.15, 0.2) is 11.7 Å². The summed E-state index contributed by atoms with van der Waals surface area (Å²) in [7, 11) is 0. The van der Waals surface area contributed by atoms with Crippen LogP contribution in [0.4, 0.5) is 0 Å². The van der Waals surface area contributed by atoms with Gasteiger partial charge in [-0.2, -0.15) is 0 Å². The molecule has 136 valence electrons. The second-order valence-electron chi connectivity index (χ2n) is 8.27. The van der Waals surface area contributed by atoms with E-state index in [0.717, 1.165) is 12.0 Å². The van der Waals surface area contributed by atoms with Crippen molar-refractivity contribution in [1.29, 1.82) is 0 Å². The summed E-state index contributed by atoms with van der Waals surface area (Å²) in [6, 6.07) is 7.46. The number of benzene rings is 1. The molecule has 0 saturated heterocycles. The van der Waals surface area contributed by atoms with Gasteiger partial charge in [-0.25, -0.2) is 4.98 Å². The number of amides is 1. The van der Waals surface area contributed by atoms with Crippen LogP contribution >= 0.6 is 11.6 Å². The minimum absolute atomic E-state index is 0.00624. The van der Waals surface area contributed by atoms with Gasteiger partial charge in [0, 0.05) is 23.9 Å². The Labute approximate surface area is 155 Å². The highest BCUT2D eigenvalue weighted by Crippen LogP contribution is 2.29. The number of hydrogen-bond acceptors (Lipinski definition) is 3. The number of carbonyl (C=O) groups excluding carboxylic acids is 1. The molecule has 1 aromatic carbocycles. The van der Waals surface area contributed by atoms with Gasteiger partial charge >= 0.3 is 0 Å². The van der Waals surface area contributed by atoms with Crippen molar-refractivity contribution in [2.75, 3.05) is 0 Å². The summed E-state index contributed by atoms with van der Waals surface area (Å²) in [6.07, 6.45) is 3.36. The first-order valence-corrected chi connectivity index (χ1v) is 8.94. The summed E-state index contributed by atoms with van der Waals surface area (Å²) in [5.74, 6) is 1.17. The molecule has 2 aromatic rings. The Morgan fingerprint density at radius 2 is 1.88 bits per heavy atom. The predicted octanol–water partition coefficient (Wildman–Crippen LogP) is 5.26. The maximum atomic E-state index is 12.2. The summed E-state index contributed by atoms with van der Waals surface area (Å²) in [5.41, 5.74) is 0.719. The van der Waals surface area contributed by atoms with Crippen molar-refractivity contribution in [2.24, 2.45) is 5.41 Å². The smallest absolute Gasteiger partial charge is 0.220 e. The second-order valence-corrected chi connectivity index (χ2v) is 8.67. The molecule has 4 nitrogen and oxygen atoms in total. The first-order chi connectivity index (χ1) is 11.6. The van der Waals surface area contributed by atoms with Crippen LogP contribution in [0.2, 0.25) is 5.02 Å². The van der Waals surface area contributed by atoms with Crippen molar-refractivity contribution in [3.63, 3.8) is 0 Å². The van der Waals surface area contributed by atoms with E-state index in [2.05, 4.69) is 44.9 Å². The van der Waals surface area contributed by atoms with Crippen molar-refractivity contribution in [3.05, 3.63) is 41.4 Å². The number of hydrogen-bond donors (Lipinski definition) is 1. The van der Waals surface area contributed by atoms with Crippen LogP contribution < -0.4 is 5.32 Å². The van der Waals surface area contributed by atoms with Gasteiger partial charge in [-0.15, -0.1) is 0 Å². The van der Waals surface area contributed by atoms with Crippen LogP contribution in [0, 0.1) is 5.41 Å². The fraction of sp³-hybridized carbons (Fsp3) is 0.500. The number of halogens is 1. The zero-order chi connectivity index (χ0) is 18.7. The molecule has 1 heterocycles. The van der Waals surface area contributed by atoms with Gasteiger partial charge in [0.1, 0.15) is 0 Å². The topological polar surface area (TPSA) is 55.1 Å². The molecule has 25 heavy (non-hydrogen) atoms. The van der Waals surface area contributed by atoms with Gasteiger partial charge in [-0.1, -0.05) is 44.5 Å². The minimum Gasteiger partial charge on any atom is -0.441 e. The Hall–Kier alpha value is -1.81. The van der Waals surface area contributed by atoms with E-state index >= 15 is 0 Å². The number of aryl methyl sites for hydroxylation is 1. The molecule has 0 aliphatic heterocycles. The third-order valence-corrected chi connectivity index (χ3v) is 4.04. The van der Waals surface area contributed by atoms with E-state index in [1.54, 1.807) is 6.20 Å². The van der Waals surface area contributed by atoms with Gasteiger partial charge in [0.2, 0.25) is 5.91 Å². The second kappa shape index (κ2) is 7.61. The molecular weight excluding hydrogens is 336 g/mol. The molecule has 0 bridgehead atoms. The van der Waals surface area contributed by atoms with E-state index in [9.17, 15) is 4.79 Å². The fourth-order valence-corrected chi connectivity index (χ4v) is 3.47. The SMILES string of the molecule is CC(C)(C)CC(C)(C)NC(=O)CCc1ncc(-c2ccccc2Cl)o1. The maximum Gasteiger partial charge on any atom is 0.220 e. The molecule has 0 aliphatic carbocycles. The highest BCUT2D eigenvalue weighted by Gasteiger charge is 2.26. The summed E-state index contributed by atoms with van der Waals surface area (Å²) in [6.45, 7) is 10.6. The summed E-state index contributed by atoms with van der Waals surface area (Å²) in [4.78, 5) is 16.5. The molecule has 0 spiro atoms. The first-order valence-electron chi connectivity index (χ1n) is 8.56. The average molecular weight is 363 g/mol. The summed E-state index contributed by atoms with van der Waals surface area (Å²) < 4.78 is 5.74. The van der Waals surface area contributed by atoms with Gasteiger partial charge in [-0.05, 0) is 37.8 Å². The molecule has 1 amide bonds. The number of carbonyl (C=O) groups is 1. The Kier molecular flexibility index (Phi) is 5.94. The molecule has 0 radical (unpaired) electrons. The lowest BCUT2D eigenvalue weighted by Crippen LogP contribution is -2.45. The number of nitrogens with zero attached hydrogens (tertiary/aromatic N) is 1. The van der Waals surface area contributed by atoms with E-state index < -0.39 is 0 Å². The van der Waals surface area contributed by atoms with Crippen LogP contribution in [0.1, 0.15) is 53.4 Å². The highest BCUT2D eigenvalue weighted by molar-refractivity contribution is 6.33. The fourth-order valence-electron chi connectivity index (χ4n) is 3.24. The van der Waals surface area contributed by atoms with Crippen LogP contribution in [0.3, 0.4) is 0 Å². The molecule has 5 heteroatoms. The number of aromatic nitrogens is 1. The van der Waals surface area contributed by atoms with Crippen molar-refractivity contribution in [1.82, 2.24) is 10.3 Å². The minimum atomic E-state index is -0.241. The molecule has 0 aliphatic rings. The summed E-state index contributed by atoms with van der Waals surface area (Å²) >= 11 is 6.17. The molecule has 0 unspecified atom stereocenters. The molecule has 0 saturated carbocycles. The lowest BCUT2D eigenvalue weighted by atomic mass is 9.82. The molecule has 1 aromatic heterocycles. The van der Waals surface area contributed by atoms with Crippen LogP contribution in [-0.2, 0) is 11.2 Å². The molecule has 2 rings (SSSR count). The number of nitrogens with one attached hydrogen (secondary N) is 1. The van der Waals surface area contributed by atoms with Crippen molar-refractivity contribution >= 4 is 17.5 Å². The monoisotopic (exact) mass is 362 g/mol. The van der Waals surface area contributed by atoms with Crippen LogP contribution in [0.25, 0.3) is 11.3 Å². The van der Waals surface area contributed by atoms with Crippen LogP contribution in [0.15, 0.2) is 34.9 Å². The normalized spacial score (nSPS) is 12.2. The van der Waals surface area contributed by atoms with E-state index in [-0.39, 0.29) is 16.9 Å². The Morgan fingerprint density at radius 1 is 1.20 bits per heavy atom. The van der Waals surface area contributed by atoms with Crippen molar-refractivity contribution in [2.45, 2.75) is 59.4 Å². The maximum absolute atomic E-state index is 12.2. The van der Waals surface area contributed by atoms with E-state index in [0.29, 0.717) is 29.5 Å². The lowest BCUT2D eigenvalue weighted by molar-refractivity contribution is -0.123. The highest BCUT2D eigenvalue weighted by atomic mass is 35.5. The number of rotatable bonds is 6. The molecule has 0 fully saturated rings. The third-order valence-electron chi connectivity index (χ3n) is 3.71.